The van der Waals surface area contributed by atoms with Crippen LogP contribution in [0.5, 0.6) is 0 Å². The Balaban J connectivity index is 3.94. The summed E-state index contributed by atoms with van der Waals surface area (Å²) >= 11 is 0. The summed E-state index contributed by atoms with van der Waals surface area (Å²) in [5.41, 5.74) is -1.04. The van der Waals surface area contributed by atoms with Crippen LogP contribution in [0.3, 0.4) is 0 Å². The molecule has 0 aromatic heterocycles. The lowest BCUT2D eigenvalue weighted by molar-refractivity contribution is -0.625. The number of carbonyl (C=O) groups excluding carboxylic acids is 4. The first-order valence-electron chi connectivity index (χ1n) is 14.4. The Hall–Kier alpha value is -1.17. The monoisotopic (exact) mass is 529 g/mol. The number of rotatable bonds is 26. The predicted molar refractivity (Wildman–Crippen MR) is 148 cm³/mol. The second-order valence-corrected chi connectivity index (χ2v) is 11.7. The molecule has 2 unspecified atom stereocenters. The number of unbranched alkanes of at least 4 members (excludes halogenated alkanes) is 14. The van der Waals surface area contributed by atoms with E-state index in [1.165, 1.54) is 84.0 Å². The van der Waals surface area contributed by atoms with Gasteiger partial charge in [-0.15, -0.1) is 0 Å². The van der Waals surface area contributed by atoms with Gasteiger partial charge in [0.05, 0.1) is 20.0 Å². The highest BCUT2D eigenvalue weighted by Crippen LogP contribution is 2.35. The molecule has 4 N–H and O–H groups in total. The lowest BCUT2D eigenvalue weighted by Gasteiger charge is -2.18. The van der Waals surface area contributed by atoms with E-state index in [4.69, 9.17) is 0 Å². The average molecular weight is 530 g/mol. The molecule has 0 radical (unpaired) electrons. The van der Waals surface area contributed by atoms with Gasteiger partial charge in [0.15, 0.2) is 19.2 Å². The molecule has 0 fully saturated rings. The molecule has 0 aromatic carbocycles. The van der Waals surface area contributed by atoms with Crippen molar-refractivity contribution in [3.8, 4) is 0 Å². The van der Waals surface area contributed by atoms with E-state index < -0.39 is 25.2 Å². The van der Waals surface area contributed by atoms with Crippen LogP contribution in [0.25, 0.3) is 0 Å². The van der Waals surface area contributed by atoms with E-state index in [1.54, 1.807) is 0 Å². The van der Waals surface area contributed by atoms with E-state index in [1.807, 2.05) is 12.4 Å². The summed E-state index contributed by atoms with van der Waals surface area (Å²) in [7, 11) is -0.575. The standard InChI is InChI=1S/C28H53N2O5P/c1-4-5-6-7-8-9-10-11-12-13-14-15-16-17-18-19-26(32)22-25(30-24(2)31)23-28(34)36(35)27(33)20-21-29-3/h25,29,35H,4-23H2,1-3H3,(H,30,31)/p+1. The van der Waals surface area contributed by atoms with Gasteiger partial charge in [0.1, 0.15) is 5.78 Å². The van der Waals surface area contributed by atoms with Crippen LogP contribution < -0.4 is 10.6 Å². The summed E-state index contributed by atoms with van der Waals surface area (Å²) < 4.78 is 0. The van der Waals surface area contributed by atoms with E-state index in [-0.39, 0.29) is 31.0 Å². The summed E-state index contributed by atoms with van der Waals surface area (Å²) in [5.74, 6) is -0.327. The van der Waals surface area contributed by atoms with Gasteiger partial charge in [-0.2, -0.15) is 0 Å². The highest BCUT2D eigenvalue weighted by Gasteiger charge is 2.28. The van der Waals surface area contributed by atoms with Gasteiger partial charge in [0.2, 0.25) is 5.91 Å². The Bertz CT molecular complexity index is 615. The normalized spacial score (nSPS) is 12.8. The molecule has 1 amide bonds. The Morgan fingerprint density at radius 3 is 1.64 bits per heavy atom. The first-order valence-corrected chi connectivity index (χ1v) is 15.7. The highest BCUT2D eigenvalue weighted by molar-refractivity contribution is 7.84. The highest BCUT2D eigenvalue weighted by atomic mass is 31.1. The molecule has 0 bridgehead atoms. The van der Waals surface area contributed by atoms with Crippen molar-refractivity contribution >= 4 is 30.9 Å². The maximum Gasteiger partial charge on any atom is 0.217 e. The molecule has 210 valence electrons. The average Bonchev–Trinajstić information content (AvgIpc) is 2.83. The van der Waals surface area contributed by atoms with Crippen LogP contribution in [-0.4, -0.2) is 47.3 Å². The fourth-order valence-corrected chi connectivity index (χ4v) is 5.35. The van der Waals surface area contributed by atoms with E-state index in [2.05, 4.69) is 12.2 Å². The van der Waals surface area contributed by atoms with Crippen molar-refractivity contribution in [3.05, 3.63) is 0 Å². The molecule has 0 saturated carbocycles. The van der Waals surface area contributed by atoms with Crippen LogP contribution in [0.4, 0.5) is 0 Å². The summed E-state index contributed by atoms with van der Waals surface area (Å²) in [6.07, 6.45) is 19.5. The van der Waals surface area contributed by atoms with Crippen LogP contribution >= 0.6 is 8.15 Å². The van der Waals surface area contributed by atoms with Crippen LogP contribution in [-0.2, 0) is 19.2 Å². The molecule has 36 heavy (non-hydrogen) atoms. The summed E-state index contributed by atoms with van der Waals surface area (Å²) in [4.78, 5) is 58.2. The molecular formula is C28H54N2O5P+. The number of amides is 1. The molecule has 8 heteroatoms. The van der Waals surface area contributed by atoms with Crippen molar-refractivity contribution in [1.82, 2.24) is 5.32 Å². The van der Waals surface area contributed by atoms with Gasteiger partial charge in [0.25, 0.3) is 0 Å². The van der Waals surface area contributed by atoms with Gasteiger partial charge in [-0.25, -0.2) is 0 Å². The third-order valence-electron chi connectivity index (χ3n) is 6.48. The molecule has 0 saturated heterocycles. The first-order chi connectivity index (χ1) is 17.3. The van der Waals surface area contributed by atoms with Crippen LogP contribution in [0.15, 0.2) is 0 Å². The maximum absolute atomic E-state index is 12.4. The zero-order valence-corrected chi connectivity index (χ0v) is 24.2. The number of quaternary nitrogens is 1. The minimum Gasteiger partial charge on any atom is -0.360 e. The second kappa shape index (κ2) is 24.2. The third-order valence-corrected chi connectivity index (χ3v) is 7.83. The summed E-state index contributed by atoms with van der Waals surface area (Å²) in [5, 5.41) is 4.44. The van der Waals surface area contributed by atoms with Crippen LogP contribution in [0.1, 0.15) is 136 Å². The van der Waals surface area contributed by atoms with Gasteiger partial charge in [0, 0.05) is 32.2 Å². The third kappa shape index (κ3) is 21.0. The van der Waals surface area contributed by atoms with Gasteiger partial charge >= 0.3 is 0 Å². The number of Topliss-reactive ketones (excluding diaryl/α,β-unsaturated/α-hetero) is 1. The fraction of sp³-hybridized carbons (Fsp3) is 0.857. The molecule has 7 nitrogen and oxygen atoms in total. The molecule has 0 spiro atoms. The number of carbonyl (C=O) groups is 4. The lowest BCUT2D eigenvalue weighted by atomic mass is 10.0. The van der Waals surface area contributed by atoms with Gasteiger partial charge in [-0.3, -0.25) is 19.2 Å². The van der Waals surface area contributed by atoms with Gasteiger partial charge in [-0.1, -0.05) is 96.8 Å². The van der Waals surface area contributed by atoms with Crippen molar-refractivity contribution in [2.75, 3.05) is 13.6 Å². The summed E-state index contributed by atoms with van der Waals surface area (Å²) in [6.45, 7) is 4.10. The smallest absolute Gasteiger partial charge is 0.217 e. The molecular weight excluding hydrogens is 475 g/mol. The van der Waals surface area contributed by atoms with Crippen LogP contribution in [0.2, 0.25) is 0 Å². The van der Waals surface area contributed by atoms with Gasteiger partial charge < -0.3 is 15.5 Å². The zero-order chi connectivity index (χ0) is 27.0. The molecule has 2 atom stereocenters. The predicted octanol–water partition coefficient (Wildman–Crippen LogP) is 5.13. The van der Waals surface area contributed by atoms with Crippen molar-refractivity contribution in [1.29, 1.82) is 0 Å². The minimum absolute atomic E-state index is 0.00502. The molecule has 0 aliphatic heterocycles. The van der Waals surface area contributed by atoms with Crippen molar-refractivity contribution in [2.45, 2.75) is 142 Å². The van der Waals surface area contributed by atoms with Crippen molar-refractivity contribution < 1.29 is 29.4 Å². The number of ketones is 1. The number of hydrogen-bond acceptors (Lipinski definition) is 5. The van der Waals surface area contributed by atoms with Crippen molar-refractivity contribution in [3.63, 3.8) is 0 Å². The first kappa shape index (κ1) is 34.8. The van der Waals surface area contributed by atoms with Crippen LogP contribution in [0, 0.1) is 0 Å². The summed E-state index contributed by atoms with van der Waals surface area (Å²) in [6, 6.07) is -0.665. The molecule has 0 rings (SSSR count). The largest absolute Gasteiger partial charge is 0.360 e. The quantitative estimate of drug-likeness (QED) is 0.106. The minimum atomic E-state index is -2.39. The number of hydrogen-bond donors (Lipinski definition) is 3. The van der Waals surface area contributed by atoms with E-state index >= 15 is 0 Å². The Morgan fingerprint density at radius 1 is 0.722 bits per heavy atom. The van der Waals surface area contributed by atoms with E-state index in [9.17, 15) is 24.1 Å². The molecule has 0 aliphatic rings. The number of nitrogens with one attached hydrogen (secondary N) is 1. The van der Waals surface area contributed by atoms with Crippen molar-refractivity contribution in [2.24, 2.45) is 0 Å². The fourth-order valence-electron chi connectivity index (χ4n) is 4.34. The molecule has 0 aliphatic carbocycles. The number of nitrogens with two attached hydrogens (primary N) is 1. The van der Waals surface area contributed by atoms with Gasteiger partial charge in [-0.05, 0) is 6.42 Å². The SMILES string of the molecule is CCCCCCCCCCCCCCCCCC(=O)CC(CC(=O)P(O)C(=O)CC[NH2+]C)NC(C)=O. The Morgan fingerprint density at radius 2 is 1.19 bits per heavy atom. The molecule has 0 aromatic rings. The van der Waals surface area contributed by atoms with E-state index in [0.29, 0.717) is 13.0 Å². The maximum atomic E-state index is 12.4. The zero-order valence-electron chi connectivity index (χ0n) is 23.3. The lowest BCUT2D eigenvalue weighted by Crippen LogP contribution is -2.79. The Kier molecular flexibility index (Phi) is 23.4. The topological polar surface area (TPSA) is 117 Å². The Labute approximate surface area is 221 Å². The van der Waals surface area contributed by atoms with E-state index in [0.717, 1.165) is 19.3 Å². The second-order valence-electron chi connectivity index (χ2n) is 10.1. The molecule has 0 heterocycles.